The molecule has 0 unspecified atom stereocenters. The lowest BCUT2D eigenvalue weighted by Crippen LogP contribution is -2.19. The molecule has 0 aliphatic carbocycles. The average molecular weight is 160 g/mol. The van der Waals surface area contributed by atoms with Crippen LogP contribution in [-0.4, -0.2) is 29.0 Å². The molecule has 0 saturated heterocycles. The Morgan fingerprint density at radius 1 is 1.20 bits per heavy atom. The summed E-state index contributed by atoms with van der Waals surface area (Å²) < 4.78 is 10.3. The van der Waals surface area contributed by atoms with E-state index in [1.165, 1.54) is 6.42 Å². The predicted molar refractivity (Wildman–Crippen MR) is 44.0 cm³/mol. The molecule has 0 heterocycles. The average Bonchev–Trinajstić information content (AvgIpc) is 1.90. The van der Waals surface area contributed by atoms with Gasteiger partial charge in [0.15, 0.2) is 0 Å². The van der Waals surface area contributed by atoms with E-state index >= 15 is 0 Å². The fraction of sp³-hybridized carbons (Fsp3) is 1.00. The zero-order valence-electron chi connectivity index (χ0n) is 7.39. The van der Waals surface area contributed by atoms with Crippen LogP contribution in [-0.2, 0) is 7.58 Å². The van der Waals surface area contributed by atoms with Crippen LogP contribution in [0.4, 0.5) is 0 Å². The van der Waals surface area contributed by atoms with Crippen LogP contribution in [0.25, 0.3) is 0 Å². The fourth-order valence-corrected chi connectivity index (χ4v) is 2.40. The van der Waals surface area contributed by atoms with Crippen LogP contribution in [0.2, 0.25) is 5.28 Å². The van der Waals surface area contributed by atoms with Gasteiger partial charge in [-0.2, -0.15) is 0 Å². The Labute approximate surface area is 68.6 Å². The Kier molecular flexibility index (Phi) is 6.46. The second-order valence-electron chi connectivity index (χ2n) is 2.87. The predicted octanol–water partition coefficient (Wildman–Crippen LogP) is 1.81. The number of hydrogen-bond acceptors (Lipinski definition) is 2. The first-order valence-electron chi connectivity index (χ1n) is 3.76. The largest absolute Gasteiger partial charge is 0.674 e. The van der Waals surface area contributed by atoms with Crippen molar-refractivity contribution in [2.24, 2.45) is 5.92 Å². The van der Waals surface area contributed by atoms with Gasteiger partial charge >= 0.3 is 14.8 Å². The second-order valence-corrected chi connectivity index (χ2v) is 5.25. The number of rotatable bonds is 5. The molecule has 0 saturated carbocycles. The highest BCUT2D eigenvalue weighted by molar-refractivity contribution is 6.44. The van der Waals surface area contributed by atoms with Crippen LogP contribution < -0.4 is 0 Å². The van der Waals surface area contributed by atoms with Crippen molar-refractivity contribution in [3.05, 3.63) is 0 Å². The summed E-state index contributed by atoms with van der Waals surface area (Å²) in [5.41, 5.74) is 0. The molecule has 0 spiro atoms. The van der Waals surface area contributed by atoms with Crippen LogP contribution >= 0.6 is 0 Å². The van der Waals surface area contributed by atoms with Gasteiger partial charge in [-0.3, -0.25) is 0 Å². The monoisotopic (exact) mass is 160 g/mol. The van der Waals surface area contributed by atoms with E-state index in [-0.39, 0.29) is 0 Å². The Bertz CT molecular complexity index is 72.0. The van der Waals surface area contributed by atoms with E-state index in [0.717, 1.165) is 11.2 Å². The molecule has 0 fully saturated rings. The van der Waals surface area contributed by atoms with Crippen LogP contribution in [0.1, 0.15) is 20.3 Å². The summed E-state index contributed by atoms with van der Waals surface area (Å²) in [7, 11) is 3.47. The molecule has 60 valence electrons. The summed E-state index contributed by atoms with van der Waals surface area (Å²) in [4.78, 5) is 0. The van der Waals surface area contributed by atoms with E-state index in [1.54, 1.807) is 14.2 Å². The SMILES string of the molecule is C[O][Al]([CH2]CC(C)C)[O]C. The molecular weight excluding hydrogens is 143 g/mol. The quantitative estimate of drug-likeness (QED) is 0.571. The fourth-order valence-electron chi connectivity index (χ4n) is 0.801. The first kappa shape index (κ1) is 10.5. The Balaban J connectivity index is 3.26. The van der Waals surface area contributed by atoms with Crippen molar-refractivity contribution in [1.29, 1.82) is 0 Å². The van der Waals surface area contributed by atoms with Gasteiger partial charge < -0.3 is 7.58 Å². The molecule has 0 aliphatic rings. The van der Waals surface area contributed by atoms with Gasteiger partial charge in [0.1, 0.15) is 0 Å². The van der Waals surface area contributed by atoms with E-state index < -0.39 is 14.8 Å². The lowest BCUT2D eigenvalue weighted by molar-refractivity contribution is 0.274. The minimum atomic E-state index is -1.25. The molecule has 10 heavy (non-hydrogen) atoms. The highest BCUT2D eigenvalue weighted by Gasteiger charge is 2.21. The molecule has 0 radical (unpaired) electrons. The van der Waals surface area contributed by atoms with Crippen molar-refractivity contribution >= 4 is 14.8 Å². The van der Waals surface area contributed by atoms with Crippen LogP contribution in [0.5, 0.6) is 0 Å². The van der Waals surface area contributed by atoms with Gasteiger partial charge in [0.2, 0.25) is 0 Å². The van der Waals surface area contributed by atoms with Crippen LogP contribution in [0, 0.1) is 5.92 Å². The summed E-state index contributed by atoms with van der Waals surface area (Å²) in [5.74, 6) is 0.764. The number of hydrogen-bond donors (Lipinski definition) is 0. The zero-order chi connectivity index (χ0) is 7.98. The molecule has 0 aromatic carbocycles. The van der Waals surface area contributed by atoms with Crippen LogP contribution in [0.15, 0.2) is 0 Å². The van der Waals surface area contributed by atoms with E-state index in [0.29, 0.717) is 0 Å². The lowest BCUT2D eigenvalue weighted by atomic mass is 10.2. The molecule has 2 nitrogen and oxygen atoms in total. The minimum Gasteiger partial charge on any atom is -0.481 e. The van der Waals surface area contributed by atoms with Gasteiger partial charge in [-0.05, 0) is 11.2 Å². The molecule has 0 aromatic heterocycles. The smallest absolute Gasteiger partial charge is 0.481 e. The summed E-state index contributed by atoms with van der Waals surface area (Å²) in [6, 6.07) is 0. The molecular formula is C7H17AlO2. The first-order valence-corrected chi connectivity index (χ1v) is 5.52. The van der Waals surface area contributed by atoms with Crippen molar-refractivity contribution in [3.8, 4) is 0 Å². The van der Waals surface area contributed by atoms with E-state index in [2.05, 4.69) is 13.8 Å². The van der Waals surface area contributed by atoms with Crippen molar-refractivity contribution < 1.29 is 7.58 Å². The van der Waals surface area contributed by atoms with Gasteiger partial charge in [-0.25, -0.2) is 0 Å². The standard InChI is InChI=1S/C5H11.2CH3O.Al/c1-4-5(2)3;2*1-2;/h5H,1,4H2,2-3H3;2*1H3;/q;2*-1;+2. The van der Waals surface area contributed by atoms with Crippen molar-refractivity contribution in [2.45, 2.75) is 25.6 Å². The topological polar surface area (TPSA) is 18.5 Å². The van der Waals surface area contributed by atoms with E-state index in [9.17, 15) is 0 Å². The van der Waals surface area contributed by atoms with Crippen LogP contribution in [0.3, 0.4) is 0 Å². The summed E-state index contributed by atoms with van der Waals surface area (Å²) in [5, 5.41) is 1.13. The summed E-state index contributed by atoms with van der Waals surface area (Å²) in [6.45, 7) is 4.44. The Hall–Kier alpha value is 0.452. The van der Waals surface area contributed by atoms with Crippen molar-refractivity contribution in [1.82, 2.24) is 0 Å². The van der Waals surface area contributed by atoms with Gasteiger partial charge in [0.25, 0.3) is 0 Å². The lowest BCUT2D eigenvalue weighted by Gasteiger charge is -2.07. The third-order valence-corrected chi connectivity index (χ3v) is 3.36. The molecule has 0 aliphatic heterocycles. The summed E-state index contributed by atoms with van der Waals surface area (Å²) >= 11 is -1.25. The molecule has 0 rings (SSSR count). The van der Waals surface area contributed by atoms with Gasteiger partial charge in [-0.15, -0.1) is 0 Å². The maximum absolute atomic E-state index is 5.17. The highest BCUT2D eigenvalue weighted by atomic mass is 27.2. The maximum atomic E-state index is 5.17. The van der Waals surface area contributed by atoms with Crippen molar-refractivity contribution in [3.63, 3.8) is 0 Å². The van der Waals surface area contributed by atoms with E-state index in [4.69, 9.17) is 7.58 Å². The maximum Gasteiger partial charge on any atom is 0.674 e. The zero-order valence-corrected chi connectivity index (χ0v) is 8.54. The first-order chi connectivity index (χ1) is 4.70. The third-order valence-electron chi connectivity index (χ3n) is 1.51. The van der Waals surface area contributed by atoms with Gasteiger partial charge in [-0.1, -0.05) is 20.3 Å². The minimum absolute atomic E-state index is 0.764. The molecule has 0 aromatic rings. The van der Waals surface area contributed by atoms with Crippen molar-refractivity contribution in [2.75, 3.05) is 14.2 Å². The molecule has 3 heteroatoms. The highest BCUT2D eigenvalue weighted by Crippen LogP contribution is 2.07. The van der Waals surface area contributed by atoms with Gasteiger partial charge in [0.05, 0.1) is 0 Å². The van der Waals surface area contributed by atoms with Gasteiger partial charge in [0, 0.05) is 14.2 Å². The third kappa shape index (κ3) is 5.25. The molecule has 0 N–H and O–H groups in total. The molecule has 0 atom stereocenters. The molecule has 0 amide bonds. The Morgan fingerprint density at radius 3 is 2.00 bits per heavy atom. The molecule has 0 bridgehead atoms. The van der Waals surface area contributed by atoms with E-state index in [1.807, 2.05) is 0 Å². The second kappa shape index (κ2) is 6.18. The Morgan fingerprint density at radius 2 is 1.70 bits per heavy atom. The normalized spacial score (nSPS) is 10.5. The summed E-state index contributed by atoms with van der Waals surface area (Å²) in [6.07, 6.45) is 1.22.